The van der Waals surface area contributed by atoms with Crippen molar-refractivity contribution >= 4 is 0 Å². The summed E-state index contributed by atoms with van der Waals surface area (Å²) in [4.78, 5) is 0. The molecule has 1 atom stereocenters. The lowest BCUT2D eigenvalue weighted by molar-refractivity contribution is -0.137. The van der Waals surface area contributed by atoms with Gasteiger partial charge in [-0.1, -0.05) is 0 Å². The standard InChI is InChI=1S/C11H11F4N/c12-9-4-3-7(11(13,14)15)5-8(9)10(16)6-1-2-6/h3-6,10H,1-2,16H2/t10-/m0/s1. The van der Waals surface area contributed by atoms with Crippen LogP contribution in [0, 0.1) is 11.7 Å². The summed E-state index contributed by atoms with van der Waals surface area (Å²) in [5.41, 5.74) is 4.83. The van der Waals surface area contributed by atoms with E-state index in [0.717, 1.165) is 31.0 Å². The van der Waals surface area contributed by atoms with E-state index in [2.05, 4.69) is 0 Å². The Kier molecular flexibility index (Phi) is 2.66. The van der Waals surface area contributed by atoms with Crippen molar-refractivity contribution < 1.29 is 17.6 Å². The highest BCUT2D eigenvalue weighted by molar-refractivity contribution is 5.30. The van der Waals surface area contributed by atoms with Gasteiger partial charge in [-0.3, -0.25) is 0 Å². The Labute approximate surface area is 90.3 Å². The van der Waals surface area contributed by atoms with Crippen molar-refractivity contribution in [2.24, 2.45) is 11.7 Å². The molecule has 0 aromatic heterocycles. The van der Waals surface area contributed by atoms with Crippen molar-refractivity contribution in [3.8, 4) is 0 Å². The predicted molar refractivity (Wildman–Crippen MR) is 51.1 cm³/mol. The summed E-state index contributed by atoms with van der Waals surface area (Å²) in [7, 11) is 0. The zero-order valence-electron chi connectivity index (χ0n) is 8.39. The molecule has 0 aliphatic heterocycles. The Bertz CT molecular complexity index is 395. The molecule has 2 rings (SSSR count). The minimum absolute atomic E-state index is 0.0303. The van der Waals surface area contributed by atoms with E-state index in [1.54, 1.807) is 0 Å². The second-order valence-electron chi connectivity index (χ2n) is 4.10. The molecule has 0 radical (unpaired) electrons. The summed E-state index contributed by atoms with van der Waals surface area (Å²) in [5.74, 6) is -0.537. The first-order chi connectivity index (χ1) is 7.39. The molecule has 0 spiro atoms. The van der Waals surface area contributed by atoms with E-state index in [9.17, 15) is 17.6 Å². The Morgan fingerprint density at radius 1 is 1.25 bits per heavy atom. The monoisotopic (exact) mass is 233 g/mol. The van der Waals surface area contributed by atoms with Gasteiger partial charge in [0.1, 0.15) is 5.82 Å². The maximum Gasteiger partial charge on any atom is 0.416 e. The van der Waals surface area contributed by atoms with Gasteiger partial charge in [-0.15, -0.1) is 0 Å². The summed E-state index contributed by atoms with van der Waals surface area (Å²) in [5, 5.41) is 0. The van der Waals surface area contributed by atoms with Gasteiger partial charge in [-0.05, 0) is 37.0 Å². The molecule has 0 saturated heterocycles. The molecule has 1 aromatic rings. The van der Waals surface area contributed by atoms with Crippen LogP contribution in [0.15, 0.2) is 18.2 Å². The molecular weight excluding hydrogens is 222 g/mol. The van der Waals surface area contributed by atoms with E-state index >= 15 is 0 Å². The fourth-order valence-corrected chi connectivity index (χ4v) is 1.68. The summed E-state index contributed by atoms with van der Waals surface area (Å²) < 4.78 is 50.6. The first-order valence-electron chi connectivity index (χ1n) is 5.02. The highest BCUT2D eigenvalue weighted by Gasteiger charge is 2.35. The summed E-state index contributed by atoms with van der Waals surface area (Å²) >= 11 is 0. The lowest BCUT2D eigenvalue weighted by Crippen LogP contribution is -2.16. The molecule has 1 aliphatic carbocycles. The zero-order valence-corrected chi connectivity index (χ0v) is 8.39. The number of rotatable bonds is 2. The molecule has 1 saturated carbocycles. The molecule has 1 fully saturated rings. The van der Waals surface area contributed by atoms with Gasteiger partial charge in [-0.25, -0.2) is 4.39 Å². The van der Waals surface area contributed by atoms with Gasteiger partial charge in [0.25, 0.3) is 0 Å². The van der Waals surface area contributed by atoms with Crippen molar-refractivity contribution in [3.05, 3.63) is 35.1 Å². The van der Waals surface area contributed by atoms with Crippen LogP contribution in [0.25, 0.3) is 0 Å². The average molecular weight is 233 g/mol. The first kappa shape index (κ1) is 11.4. The minimum atomic E-state index is -4.45. The third kappa shape index (κ3) is 2.19. The molecule has 0 unspecified atom stereocenters. The molecule has 1 nitrogen and oxygen atoms in total. The van der Waals surface area contributed by atoms with E-state index in [4.69, 9.17) is 5.73 Å². The topological polar surface area (TPSA) is 26.0 Å². The molecule has 2 N–H and O–H groups in total. The maximum absolute atomic E-state index is 13.3. The van der Waals surface area contributed by atoms with Crippen molar-refractivity contribution in [2.45, 2.75) is 25.1 Å². The third-order valence-corrected chi connectivity index (χ3v) is 2.81. The van der Waals surface area contributed by atoms with Crippen molar-refractivity contribution in [2.75, 3.05) is 0 Å². The molecule has 0 heterocycles. The highest BCUT2D eigenvalue weighted by atomic mass is 19.4. The van der Waals surface area contributed by atoms with Crippen LogP contribution in [0.5, 0.6) is 0 Å². The van der Waals surface area contributed by atoms with Gasteiger partial charge in [0.05, 0.1) is 5.56 Å². The second-order valence-corrected chi connectivity index (χ2v) is 4.10. The maximum atomic E-state index is 13.3. The molecule has 0 amide bonds. The summed E-state index contributed by atoms with van der Waals surface area (Å²) in [6, 6.07) is 1.76. The van der Waals surface area contributed by atoms with Gasteiger partial charge < -0.3 is 5.73 Å². The molecule has 16 heavy (non-hydrogen) atoms. The molecule has 88 valence electrons. The van der Waals surface area contributed by atoms with Gasteiger partial charge in [0.2, 0.25) is 0 Å². The highest BCUT2D eigenvalue weighted by Crippen LogP contribution is 2.41. The Morgan fingerprint density at radius 2 is 1.88 bits per heavy atom. The lowest BCUT2D eigenvalue weighted by Gasteiger charge is -2.14. The Balaban J connectivity index is 2.36. The fourth-order valence-electron chi connectivity index (χ4n) is 1.68. The van der Waals surface area contributed by atoms with Gasteiger partial charge in [0.15, 0.2) is 0 Å². The van der Waals surface area contributed by atoms with Crippen LogP contribution in [-0.2, 0) is 6.18 Å². The molecule has 1 aliphatic rings. The van der Waals surface area contributed by atoms with E-state index in [1.807, 2.05) is 0 Å². The van der Waals surface area contributed by atoms with Crippen LogP contribution in [0.4, 0.5) is 17.6 Å². The largest absolute Gasteiger partial charge is 0.416 e. The van der Waals surface area contributed by atoms with Crippen LogP contribution >= 0.6 is 0 Å². The van der Waals surface area contributed by atoms with E-state index in [1.165, 1.54) is 0 Å². The van der Waals surface area contributed by atoms with E-state index < -0.39 is 23.6 Å². The van der Waals surface area contributed by atoms with Gasteiger partial charge in [-0.2, -0.15) is 13.2 Å². The average Bonchev–Trinajstić information content (AvgIpc) is 2.98. The van der Waals surface area contributed by atoms with Crippen molar-refractivity contribution in [1.82, 2.24) is 0 Å². The molecule has 5 heteroatoms. The number of nitrogens with two attached hydrogens (primary N) is 1. The van der Waals surface area contributed by atoms with Gasteiger partial charge in [0, 0.05) is 11.6 Å². The SMILES string of the molecule is N[C@H](c1cc(C(F)(F)F)ccc1F)C1CC1. The fraction of sp³-hybridized carbons (Fsp3) is 0.455. The number of hydrogen-bond acceptors (Lipinski definition) is 1. The number of alkyl halides is 3. The van der Waals surface area contributed by atoms with Crippen LogP contribution < -0.4 is 5.73 Å². The first-order valence-corrected chi connectivity index (χ1v) is 5.02. The number of benzene rings is 1. The van der Waals surface area contributed by atoms with Crippen LogP contribution in [0.3, 0.4) is 0 Å². The quantitative estimate of drug-likeness (QED) is 0.779. The summed E-state index contributed by atoms with van der Waals surface area (Å²) in [6.07, 6.45) is -2.74. The predicted octanol–water partition coefficient (Wildman–Crippen LogP) is 3.25. The second kappa shape index (κ2) is 3.73. The zero-order chi connectivity index (χ0) is 11.9. The Hall–Kier alpha value is -1.10. The lowest BCUT2D eigenvalue weighted by atomic mass is 10.00. The number of hydrogen-bond donors (Lipinski definition) is 1. The minimum Gasteiger partial charge on any atom is -0.324 e. The van der Waals surface area contributed by atoms with Crippen LogP contribution in [0.2, 0.25) is 0 Å². The van der Waals surface area contributed by atoms with Crippen molar-refractivity contribution in [1.29, 1.82) is 0 Å². The van der Waals surface area contributed by atoms with Crippen LogP contribution in [-0.4, -0.2) is 0 Å². The van der Waals surface area contributed by atoms with Gasteiger partial charge >= 0.3 is 6.18 Å². The summed E-state index contributed by atoms with van der Waals surface area (Å²) in [6.45, 7) is 0. The number of halogens is 4. The normalized spacial score (nSPS) is 18.6. The van der Waals surface area contributed by atoms with Crippen LogP contribution in [0.1, 0.15) is 30.0 Å². The molecule has 0 bridgehead atoms. The Morgan fingerprint density at radius 3 is 2.38 bits per heavy atom. The smallest absolute Gasteiger partial charge is 0.324 e. The van der Waals surface area contributed by atoms with Crippen molar-refractivity contribution in [3.63, 3.8) is 0 Å². The van der Waals surface area contributed by atoms with E-state index in [0.29, 0.717) is 0 Å². The van der Waals surface area contributed by atoms with E-state index in [-0.39, 0.29) is 11.5 Å². The molecule has 1 aromatic carbocycles. The third-order valence-electron chi connectivity index (χ3n) is 2.81. The molecular formula is C11H11F4N.